The van der Waals surface area contributed by atoms with E-state index in [1.54, 1.807) is 0 Å². The Morgan fingerprint density at radius 2 is 1.96 bits per heavy atom. The van der Waals surface area contributed by atoms with Crippen LogP contribution in [0.1, 0.15) is 12.8 Å². The van der Waals surface area contributed by atoms with E-state index in [1.165, 1.54) is 12.1 Å². The molecule has 0 amide bonds. The molecule has 6 nitrogen and oxygen atoms in total. The molecule has 128 valence electrons. The first-order chi connectivity index (χ1) is 10.7. The Balaban J connectivity index is 2.42. The van der Waals surface area contributed by atoms with Gasteiger partial charge in [-0.3, -0.25) is 4.79 Å². The zero-order chi connectivity index (χ0) is 17.3. The molecule has 1 aromatic rings. The van der Waals surface area contributed by atoms with Crippen LogP contribution in [0.5, 0.6) is 5.75 Å². The molecule has 1 aliphatic heterocycles. The van der Waals surface area contributed by atoms with Gasteiger partial charge in [-0.2, -0.15) is 4.31 Å². The quantitative estimate of drug-likeness (QED) is 0.773. The molecule has 0 aromatic heterocycles. The van der Waals surface area contributed by atoms with Crippen molar-refractivity contribution in [2.75, 3.05) is 13.7 Å². The summed E-state index contributed by atoms with van der Waals surface area (Å²) < 4.78 is 71.8. The molecule has 23 heavy (non-hydrogen) atoms. The number of alkyl halides is 3. The summed E-state index contributed by atoms with van der Waals surface area (Å²) >= 11 is 0. The SMILES string of the molecule is COC(=O)C1CCCN1S(=O)(=O)c1ccccc1OC(F)(F)F. The van der Waals surface area contributed by atoms with Gasteiger partial charge in [-0.05, 0) is 25.0 Å². The van der Waals surface area contributed by atoms with Crippen LogP contribution in [0.4, 0.5) is 13.2 Å². The van der Waals surface area contributed by atoms with E-state index in [2.05, 4.69) is 9.47 Å². The van der Waals surface area contributed by atoms with E-state index in [4.69, 9.17) is 0 Å². The second-order valence-electron chi connectivity index (χ2n) is 4.79. The monoisotopic (exact) mass is 353 g/mol. The van der Waals surface area contributed by atoms with Crippen molar-refractivity contribution < 1.29 is 35.9 Å². The van der Waals surface area contributed by atoms with E-state index in [0.717, 1.165) is 23.5 Å². The highest BCUT2D eigenvalue weighted by molar-refractivity contribution is 7.89. The molecular weight excluding hydrogens is 339 g/mol. The molecule has 1 saturated heterocycles. The Morgan fingerprint density at radius 3 is 2.57 bits per heavy atom. The minimum Gasteiger partial charge on any atom is -0.468 e. The molecule has 0 bridgehead atoms. The number of sulfonamides is 1. The maximum atomic E-state index is 12.6. The highest BCUT2D eigenvalue weighted by Crippen LogP contribution is 2.34. The Kier molecular flexibility index (Phi) is 4.85. The largest absolute Gasteiger partial charge is 0.573 e. The normalized spacial score (nSPS) is 19.6. The van der Waals surface area contributed by atoms with Gasteiger partial charge in [-0.25, -0.2) is 8.42 Å². The lowest BCUT2D eigenvalue weighted by atomic mass is 10.2. The number of carbonyl (C=O) groups is 1. The van der Waals surface area contributed by atoms with Gasteiger partial charge in [0.1, 0.15) is 16.7 Å². The fourth-order valence-corrected chi connectivity index (χ4v) is 4.16. The van der Waals surface area contributed by atoms with Gasteiger partial charge in [-0.1, -0.05) is 12.1 Å². The molecule has 0 aliphatic carbocycles. The van der Waals surface area contributed by atoms with Crippen LogP contribution >= 0.6 is 0 Å². The number of methoxy groups -OCH3 is 1. The number of para-hydroxylation sites is 1. The highest BCUT2D eigenvalue weighted by Gasteiger charge is 2.42. The van der Waals surface area contributed by atoms with Crippen LogP contribution in [0.25, 0.3) is 0 Å². The maximum Gasteiger partial charge on any atom is 0.573 e. The van der Waals surface area contributed by atoms with Crippen LogP contribution in [0.15, 0.2) is 29.2 Å². The number of nitrogens with zero attached hydrogens (tertiary/aromatic N) is 1. The molecule has 1 fully saturated rings. The number of benzene rings is 1. The molecule has 1 atom stereocenters. The van der Waals surface area contributed by atoms with Crippen LogP contribution in [-0.4, -0.2) is 44.8 Å². The highest BCUT2D eigenvalue weighted by atomic mass is 32.2. The average molecular weight is 353 g/mol. The fourth-order valence-electron chi connectivity index (χ4n) is 2.40. The van der Waals surface area contributed by atoms with Gasteiger partial charge < -0.3 is 9.47 Å². The van der Waals surface area contributed by atoms with E-state index in [1.807, 2.05) is 0 Å². The number of halogens is 3. The van der Waals surface area contributed by atoms with Crippen LogP contribution in [-0.2, 0) is 19.6 Å². The molecule has 0 radical (unpaired) electrons. The summed E-state index contributed by atoms with van der Waals surface area (Å²) in [7, 11) is -3.22. The van der Waals surface area contributed by atoms with Gasteiger partial charge in [0.2, 0.25) is 10.0 Å². The first-order valence-corrected chi connectivity index (χ1v) is 8.05. The Morgan fingerprint density at radius 1 is 1.30 bits per heavy atom. The van der Waals surface area contributed by atoms with Gasteiger partial charge >= 0.3 is 12.3 Å². The molecule has 2 rings (SSSR count). The molecule has 0 spiro atoms. The Hall–Kier alpha value is -1.81. The first kappa shape index (κ1) is 17.5. The van der Waals surface area contributed by atoms with E-state index >= 15 is 0 Å². The number of rotatable bonds is 4. The third kappa shape index (κ3) is 3.75. The average Bonchev–Trinajstić information content (AvgIpc) is 2.95. The predicted molar refractivity (Wildman–Crippen MR) is 72.1 cm³/mol. The molecule has 1 heterocycles. The second-order valence-corrected chi connectivity index (χ2v) is 6.65. The summed E-state index contributed by atoms with van der Waals surface area (Å²) in [5.41, 5.74) is 0. The summed E-state index contributed by atoms with van der Waals surface area (Å²) in [6.07, 6.45) is -4.38. The smallest absolute Gasteiger partial charge is 0.468 e. The Labute approximate surface area is 130 Å². The molecular formula is C13H14F3NO5S. The third-order valence-electron chi connectivity index (χ3n) is 3.34. The zero-order valence-electron chi connectivity index (χ0n) is 12.0. The van der Waals surface area contributed by atoms with Crippen molar-refractivity contribution in [1.82, 2.24) is 4.31 Å². The fraction of sp³-hybridized carbons (Fsp3) is 0.462. The lowest BCUT2D eigenvalue weighted by Gasteiger charge is -2.23. The van der Waals surface area contributed by atoms with Crippen LogP contribution in [0.3, 0.4) is 0 Å². The first-order valence-electron chi connectivity index (χ1n) is 6.61. The van der Waals surface area contributed by atoms with Gasteiger partial charge in [0.25, 0.3) is 0 Å². The molecule has 10 heteroatoms. The van der Waals surface area contributed by atoms with E-state index in [9.17, 15) is 26.4 Å². The van der Waals surface area contributed by atoms with Gasteiger partial charge in [-0.15, -0.1) is 13.2 Å². The van der Waals surface area contributed by atoms with Crippen molar-refractivity contribution in [2.45, 2.75) is 30.1 Å². The lowest BCUT2D eigenvalue weighted by molar-refractivity contribution is -0.275. The minimum atomic E-state index is -5.03. The topological polar surface area (TPSA) is 72.9 Å². The third-order valence-corrected chi connectivity index (χ3v) is 5.29. The molecule has 0 saturated carbocycles. The van der Waals surface area contributed by atoms with E-state index < -0.39 is 39.0 Å². The van der Waals surface area contributed by atoms with Gasteiger partial charge in [0.05, 0.1) is 7.11 Å². The van der Waals surface area contributed by atoms with E-state index in [0.29, 0.717) is 6.42 Å². The summed E-state index contributed by atoms with van der Waals surface area (Å²) in [4.78, 5) is 11.0. The van der Waals surface area contributed by atoms with Crippen molar-refractivity contribution in [3.8, 4) is 5.75 Å². The minimum absolute atomic E-state index is 0.0163. The van der Waals surface area contributed by atoms with Crippen LogP contribution < -0.4 is 4.74 Å². The van der Waals surface area contributed by atoms with E-state index in [-0.39, 0.29) is 13.0 Å². The number of hydrogen-bond acceptors (Lipinski definition) is 5. The summed E-state index contributed by atoms with van der Waals surface area (Å²) in [5.74, 6) is -1.59. The second kappa shape index (κ2) is 6.36. The summed E-state index contributed by atoms with van der Waals surface area (Å²) in [5, 5.41) is 0. The molecule has 1 aromatic carbocycles. The van der Waals surface area contributed by atoms with Crippen molar-refractivity contribution in [3.05, 3.63) is 24.3 Å². The maximum absolute atomic E-state index is 12.6. The lowest BCUT2D eigenvalue weighted by Crippen LogP contribution is -2.41. The van der Waals surface area contributed by atoms with Gasteiger partial charge in [0.15, 0.2) is 0 Å². The number of carbonyl (C=O) groups excluding carboxylic acids is 1. The van der Waals surface area contributed by atoms with Crippen molar-refractivity contribution >= 4 is 16.0 Å². The Bertz CT molecular complexity index is 689. The summed E-state index contributed by atoms with van der Waals surface area (Å²) in [6, 6.07) is 3.36. The standard InChI is InChI=1S/C13H14F3NO5S/c1-21-12(18)9-5-4-8-17(9)23(19,20)11-7-3-2-6-10(11)22-13(14,15)16/h2-3,6-7,9H,4-5,8H2,1H3. The van der Waals surface area contributed by atoms with Crippen LogP contribution in [0.2, 0.25) is 0 Å². The van der Waals surface area contributed by atoms with Crippen molar-refractivity contribution in [1.29, 1.82) is 0 Å². The van der Waals surface area contributed by atoms with Crippen LogP contribution in [0, 0.1) is 0 Å². The molecule has 0 N–H and O–H groups in total. The summed E-state index contributed by atoms with van der Waals surface area (Å²) in [6.45, 7) is 0.0163. The number of hydrogen-bond donors (Lipinski definition) is 0. The molecule has 1 unspecified atom stereocenters. The van der Waals surface area contributed by atoms with Crippen molar-refractivity contribution in [2.24, 2.45) is 0 Å². The zero-order valence-corrected chi connectivity index (χ0v) is 12.9. The van der Waals surface area contributed by atoms with Crippen molar-refractivity contribution in [3.63, 3.8) is 0 Å². The number of ether oxygens (including phenoxy) is 2. The molecule has 1 aliphatic rings. The predicted octanol–water partition coefficient (Wildman–Crippen LogP) is 1.91. The number of esters is 1. The van der Waals surface area contributed by atoms with Gasteiger partial charge in [0, 0.05) is 6.54 Å².